The molecule has 0 spiro atoms. The molecule has 32 heavy (non-hydrogen) atoms. The van der Waals surface area contributed by atoms with Crippen molar-refractivity contribution < 1.29 is 9.90 Å². The molecule has 2 aliphatic rings. The van der Waals surface area contributed by atoms with Crippen molar-refractivity contribution >= 4 is 5.91 Å². The molecule has 0 saturated carbocycles. The zero-order chi connectivity index (χ0) is 22.4. The van der Waals surface area contributed by atoms with Crippen LogP contribution < -0.4 is 15.8 Å². The van der Waals surface area contributed by atoms with E-state index in [0.717, 1.165) is 12.8 Å². The molecular formula is C26H27N3O3. The third kappa shape index (κ3) is 3.27. The lowest BCUT2D eigenvalue weighted by Gasteiger charge is -2.38. The van der Waals surface area contributed by atoms with E-state index in [1.54, 1.807) is 10.9 Å². The number of carbonyl (C=O) groups is 1. The fraction of sp³-hybridized carbons (Fsp3) is 0.308. The quantitative estimate of drug-likeness (QED) is 0.656. The zero-order valence-corrected chi connectivity index (χ0v) is 18.3. The minimum Gasteiger partial charge on any atom is -0.502 e. The Morgan fingerprint density at radius 2 is 1.53 bits per heavy atom. The number of aryl methyl sites for hydroxylation is 2. The normalized spacial score (nSPS) is 18.3. The number of nitrogens with one attached hydrogen (secondary N) is 1. The van der Waals surface area contributed by atoms with Crippen LogP contribution in [0, 0.1) is 5.92 Å². The molecule has 0 radical (unpaired) electrons. The lowest BCUT2D eigenvalue weighted by atomic mass is 9.93. The van der Waals surface area contributed by atoms with E-state index >= 15 is 0 Å². The minimum atomic E-state index is -0.559. The van der Waals surface area contributed by atoms with Crippen LogP contribution in [0.5, 0.6) is 5.75 Å². The summed E-state index contributed by atoms with van der Waals surface area (Å²) >= 11 is 0. The van der Waals surface area contributed by atoms with E-state index in [2.05, 4.69) is 60.6 Å². The van der Waals surface area contributed by atoms with Gasteiger partial charge in [0.2, 0.25) is 5.43 Å². The zero-order valence-electron chi connectivity index (χ0n) is 18.3. The van der Waals surface area contributed by atoms with Crippen molar-refractivity contribution in [3.8, 4) is 5.75 Å². The number of hydrogen-bond donors (Lipinski definition) is 2. The number of benzene rings is 2. The summed E-state index contributed by atoms with van der Waals surface area (Å²) in [5.41, 5.74) is 4.32. The Balaban J connectivity index is 1.80. The van der Waals surface area contributed by atoms with Gasteiger partial charge in [-0.2, -0.15) is 0 Å². The Morgan fingerprint density at radius 1 is 0.938 bits per heavy atom. The number of nitrogens with zero attached hydrogens (tertiary/aromatic N) is 2. The van der Waals surface area contributed by atoms with Crippen LogP contribution in [0.25, 0.3) is 0 Å². The summed E-state index contributed by atoms with van der Waals surface area (Å²) < 4.78 is 1.68. The average Bonchev–Trinajstić information content (AvgIpc) is 3.04. The molecule has 2 heterocycles. The first-order chi connectivity index (χ1) is 15.5. The molecule has 0 saturated heterocycles. The summed E-state index contributed by atoms with van der Waals surface area (Å²) in [5.74, 6) is -0.785. The molecule has 164 valence electrons. The van der Waals surface area contributed by atoms with Gasteiger partial charge in [-0.05, 0) is 41.0 Å². The summed E-state index contributed by atoms with van der Waals surface area (Å²) in [5, 5.41) is 15.8. The summed E-state index contributed by atoms with van der Waals surface area (Å²) in [4.78, 5) is 25.4. The van der Waals surface area contributed by atoms with Crippen LogP contribution in [-0.4, -0.2) is 28.3 Å². The summed E-state index contributed by atoms with van der Waals surface area (Å²) in [6.45, 7) is 4.67. The highest BCUT2D eigenvalue weighted by Crippen LogP contribution is 2.37. The number of hydrogen-bond acceptors (Lipinski definition) is 4. The molecule has 0 fully saturated rings. The molecule has 6 nitrogen and oxygen atoms in total. The van der Waals surface area contributed by atoms with Crippen molar-refractivity contribution in [3.63, 3.8) is 0 Å². The maximum atomic E-state index is 13.1. The molecule has 1 atom stereocenters. The van der Waals surface area contributed by atoms with E-state index in [4.69, 9.17) is 0 Å². The van der Waals surface area contributed by atoms with Gasteiger partial charge in [-0.15, -0.1) is 0 Å². The highest BCUT2D eigenvalue weighted by molar-refractivity contribution is 5.95. The van der Waals surface area contributed by atoms with E-state index in [9.17, 15) is 14.7 Å². The van der Waals surface area contributed by atoms with Crippen LogP contribution in [0.3, 0.4) is 0 Å². The van der Waals surface area contributed by atoms with Gasteiger partial charge in [0, 0.05) is 12.3 Å². The Hall–Kier alpha value is -3.54. The molecule has 6 heteroatoms. The van der Waals surface area contributed by atoms with Crippen molar-refractivity contribution in [2.75, 3.05) is 11.6 Å². The van der Waals surface area contributed by atoms with E-state index in [1.807, 2.05) is 12.1 Å². The minimum absolute atomic E-state index is 0.0140. The number of fused-ring (bicyclic) bond motifs is 3. The van der Waals surface area contributed by atoms with Crippen molar-refractivity contribution in [3.05, 3.63) is 99.0 Å². The lowest BCUT2D eigenvalue weighted by molar-refractivity contribution is 0.0924. The van der Waals surface area contributed by atoms with Gasteiger partial charge in [0.15, 0.2) is 11.4 Å². The van der Waals surface area contributed by atoms with Crippen LogP contribution in [-0.2, 0) is 12.8 Å². The monoisotopic (exact) mass is 429 g/mol. The van der Waals surface area contributed by atoms with Crippen LogP contribution in [0.1, 0.15) is 52.6 Å². The van der Waals surface area contributed by atoms with Gasteiger partial charge < -0.3 is 10.4 Å². The number of aromatic hydroxyl groups is 1. The molecule has 2 aromatic carbocycles. The SMILES string of the molecule is CC(C)[C@H]1CN(C2c3ccccc3CCc3ccccc32)n2ccc(=O)c(O)c2C(=O)N1. The molecule has 1 aromatic heterocycles. The Kier molecular flexibility index (Phi) is 5.00. The molecule has 5 rings (SSSR count). The van der Waals surface area contributed by atoms with Gasteiger partial charge in [-0.3, -0.25) is 19.3 Å². The number of rotatable bonds is 2. The Bertz CT molecular complexity index is 1200. The van der Waals surface area contributed by atoms with Gasteiger partial charge in [-0.25, -0.2) is 0 Å². The third-order valence-corrected chi connectivity index (χ3v) is 6.71. The van der Waals surface area contributed by atoms with Crippen LogP contribution in [0.15, 0.2) is 65.6 Å². The number of pyridine rings is 1. The second kappa shape index (κ2) is 7.86. The molecule has 0 bridgehead atoms. The largest absolute Gasteiger partial charge is 0.502 e. The van der Waals surface area contributed by atoms with Gasteiger partial charge in [-0.1, -0.05) is 62.4 Å². The topological polar surface area (TPSA) is 74.6 Å². The lowest BCUT2D eigenvalue weighted by Crippen LogP contribution is -2.48. The van der Waals surface area contributed by atoms with E-state index in [0.29, 0.717) is 6.54 Å². The second-order valence-electron chi connectivity index (χ2n) is 8.97. The maximum absolute atomic E-state index is 13.1. The maximum Gasteiger partial charge on any atom is 0.274 e. The fourth-order valence-electron chi connectivity index (χ4n) is 4.94. The molecule has 3 aromatic rings. The molecule has 1 amide bonds. The summed E-state index contributed by atoms with van der Waals surface area (Å²) in [6, 6.07) is 17.8. The summed E-state index contributed by atoms with van der Waals surface area (Å²) in [7, 11) is 0. The number of aromatic nitrogens is 1. The first-order valence-electron chi connectivity index (χ1n) is 11.1. The van der Waals surface area contributed by atoms with Crippen molar-refractivity contribution in [1.82, 2.24) is 9.99 Å². The van der Waals surface area contributed by atoms with Crippen molar-refractivity contribution in [1.29, 1.82) is 0 Å². The van der Waals surface area contributed by atoms with Gasteiger partial charge in [0.05, 0.1) is 18.6 Å². The molecule has 1 aliphatic heterocycles. The fourth-order valence-corrected chi connectivity index (χ4v) is 4.94. The van der Waals surface area contributed by atoms with Crippen molar-refractivity contribution in [2.45, 2.75) is 38.8 Å². The molecular weight excluding hydrogens is 402 g/mol. The molecule has 2 N–H and O–H groups in total. The number of amides is 1. The van der Waals surface area contributed by atoms with E-state index in [1.165, 1.54) is 28.3 Å². The van der Waals surface area contributed by atoms with Gasteiger partial charge in [0.1, 0.15) is 0 Å². The second-order valence-corrected chi connectivity index (χ2v) is 8.97. The molecule has 1 aliphatic carbocycles. The van der Waals surface area contributed by atoms with Crippen LogP contribution in [0.4, 0.5) is 0 Å². The predicted octanol–water partition coefficient (Wildman–Crippen LogP) is 3.15. The highest BCUT2D eigenvalue weighted by Gasteiger charge is 2.36. The average molecular weight is 430 g/mol. The first kappa shape index (κ1) is 20.4. The predicted molar refractivity (Wildman–Crippen MR) is 124 cm³/mol. The number of carbonyl (C=O) groups excluding carboxylic acids is 1. The van der Waals surface area contributed by atoms with E-state index in [-0.39, 0.29) is 23.7 Å². The summed E-state index contributed by atoms with van der Waals surface area (Å²) in [6.07, 6.45) is 3.48. The smallest absolute Gasteiger partial charge is 0.274 e. The van der Waals surface area contributed by atoms with E-state index < -0.39 is 17.1 Å². The van der Waals surface area contributed by atoms with Crippen LogP contribution in [0.2, 0.25) is 0 Å². The Labute approximate surface area is 187 Å². The standard InChI is InChI=1S/C26H27N3O3/c1-16(2)21-15-29(28-14-13-22(30)25(31)24(28)26(32)27-21)23-19-9-5-3-7-17(19)11-12-18-8-4-6-10-20(18)23/h3-10,13-14,16,21,23,31H,11-12,15H2,1-2H3,(H,27,32)/t21-/m1/s1. The third-order valence-electron chi connectivity index (χ3n) is 6.71. The van der Waals surface area contributed by atoms with Gasteiger partial charge in [0.25, 0.3) is 5.91 Å². The Morgan fingerprint density at radius 3 is 2.12 bits per heavy atom. The first-order valence-corrected chi connectivity index (χ1v) is 11.1. The molecule has 0 unspecified atom stereocenters. The van der Waals surface area contributed by atoms with Crippen molar-refractivity contribution in [2.24, 2.45) is 5.92 Å². The van der Waals surface area contributed by atoms with Gasteiger partial charge >= 0.3 is 0 Å². The highest BCUT2D eigenvalue weighted by atomic mass is 16.3. The van der Waals surface area contributed by atoms with Crippen LogP contribution >= 0.6 is 0 Å².